The Morgan fingerprint density at radius 1 is 1.26 bits per heavy atom. The highest BCUT2D eigenvalue weighted by molar-refractivity contribution is 7.17. The van der Waals surface area contributed by atoms with Crippen LogP contribution in [0.25, 0.3) is 10.1 Å². The van der Waals surface area contributed by atoms with Crippen LogP contribution >= 0.6 is 11.3 Å². The summed E-state index contributed by atoms with van der Waals surface area (Å²) in [7, 11) is 2.15. The molecule has 3 atom stereocenters. The summed E-state index contributed by atoms with van der Waals surface area (Å²) in [5.74, 6) is 3.04. The van der Waals surface area contributed by atoms with Crippen LogP contribution in [0.1, 0.15) is 24.8 Å². The zero-order valence-corrected chi connectivity index (χ0v) is 12.2. The second kappa shape index (κ2) is 4.60. The SMILES string of the molecule is CNC(Cc1csc2ccccc12)C1C2CCCC21. The summed E-state index contributed by atoms with van der Waals surface area (Å²) in [5.41, 5.74) is 1.55. The van der Waals surface area contributed by atoms with Gasteiger partial charge in [0.2, 0.25) is 0 Å². The zero-order valence-electron chi connectivity index (χ0n) is 11.4. The maximum absolute atomic E-state index is 3.60. The van der Waals surface area contributed by atoms with Crippen molar-refractivity contribution in [3.63, 3.8) is 0 Å². The van der Waals surface area contributed by atoms with Crippen molar-refractivity contribution in [3.8, 4) is 0 Å². The molecule has 3 unspecified atom stereocenters. The zero-order chi connectivity index (χ0) is 12.8. The highest BCUT2D eigenvalue weighted by Gasteiger charge is 2.55. The third-order valence-electron chi connectivity index (χ3n) is 5.31. The first-order chi connectivity index (χ1) is 9.38. The van der Waals surface area contributed by atoms with Crippen molar-refractivity contribution in [1.82, 2.24) is 5.32 Å². The monoisotopic (exact) mass is 271 g/mol. The molecule has 0 aliphatic heterocycles. The summed E-state index contributed by atoms with van der Waals surface area (Å²) in [6, 6.07) is 9.52. The van der Waals surface area contributed by atoms with Gasteiger partial charge in [0, 0.05) is 10.7 Å². The molecule has 2 aromatic rings. The first-order valence-electron chi connectivity index (χ1n) is 7.51. The molecule has 1 nitrogen and oxygen atoms in total. The molecule has 0 spiro atoms. The van der Waals surface area contributed by atoms with Gasteiger partial charge in [-0.1, -0.05) is 24.6 Å². The van der Waals surface area contributed by atoms with E-state index in [1.807, 2.05) is 11.3 Å². The second-order valence-corrected chi connectivity index (χ2v) is 7.10. The highest BCUT2D eigenvalue weighted by Crippen LogP contribution is 2.59. The fourth-order valence-electron chi connectivity index (χ4n) is 4.33. The molecule has 2 aliphatic carbocycles. The predicted octanol–water partition coefficient (Wildman–Crippen LogP) is 4.08. The number of benzene rings is 1. The van der Waals surface area contributed by atoms with E-state index in [2.05, 4.69) is 42.0 Å². The lowest BCUT2D eigenvalue weighted by molar-refractivity contribution is 0.429. The van der Waals surface area contributed by atoms with Crippen molar-refractivity contribution >= 4 is 21.4 Å². The van der Waals surface area contributed by atoms with E-state index in [-0.39, 0.29) is 0 Å². The number of likely N-dealkylation sites (N-methyl/N-ethyl adjacent to an activating group) is 1. The van der Waals surface area contributed by atoms with Crippen molar-refractivity contribution < 1.29 is 0 Å². The third-order valence-corrected chi connectivity index (χ3v) is 6.32. The van der Waals surface area contributed by atoms with E-state index in [0.717, 1.165) is 17.8 Å². The van der Waals surface area contributed by atoms with Crippen LogP contribution in [0.5, 0.6) is 0 Å². The van der Waals surface area contributed by atoms with Crippen molar-refractivity contribution in [1.29, 1.82) is 0 Å². The number of rotatable bonds is 4. The average Bonchev–Trinajstić information content (AvgIpc) is 2.83. The number of nitrogens with one attached hydrogen (secondary N) is 1. The largest absolute Gasteiger partial charge is 0.316 e. The molecule has 0 bridgehead atoms. The van der Waals surface area contributed by atoms with Crippen LogP contribution in [0.2, 0.25) is 0 Å². The predicted molar refractivity (Wildman–Crippen MR) is 82.7 cm³/mol. The molecule has 2 fully saturated rings. The molecule has 1 aromatic carbocycles. The first-order valence-corrected chi connectivity index (χ1v) is 8.39. The van der Waals surface area contributed by atoms with Crippen molar-refractivity contribution in [2.75, 3.05) is 7.05 Å². The van der Waals surface area contributed by atoms with Gasteiger partial charge >= 0.3 is 0 Å². The van der Waals surface area contributed by atoms with E-state index < -0.39 is 0 Å². The van der Waals surface area contributed by atoms with Crippen LogP contribution in [0.3, 0.4) is 0 Å². The molecule has 2 saturated carbocycles. The molecule has 2 aliphatic rings. The topological polar surface area (TPSA) is 12.0 Å². The Hall–Kier alpha value is -0.860. The maximum Gasteiger partial charge on any atom is 0.0345 e. The van der Waals surface area contributed by atoms with Crippen LogP contribution in [-0.2, 0) is 6.42 Å². The molecular weight excluding hydrogens is 250 g/mol. The summed E-state index contributed by atoms with van der Waals surface area (Å²) in [6.45, 7) is 0. The first kappa shape index (κ1) is 11.9. The Kier molecular flexibility index (Phi) is 2.89. The standard InChI is InChI=1S/C17H21NS/c1-18-15(17-13-6-4-7-14(13)17)9-11-10-19-16-8-3-2-5-12(11)16/h2-3,5,8,10,13-15,17-18H,4,6-7,9H2,1H3. The van der Waals surface area contributed by atoms with Gasteiger partial charge in [-0.3, -0.25) is 0 Å². The molecule has 0 amide bonds. The summed E-state index contributed by atoms with van der Waals surface area (Å²) < 4.78 is 1.43. The van der Waals surface area contributed by atoms with Gasteiger partial charge in [-0.15, -0.1) is 11.3 Å². The summed E-state index contributed by atoms with van der Waals surface area (Å²) in [5, 5.41) is 7.44. The summed E-state index contributed by atoms with van der Waals surface area (Å²) >= 11 is 1.89. The molecule has 1 aromatic heterocycles. The van der Waals surface area contributed by atoms with E-state index in [4.69, 9.17) is 0 Å². The maximum atomic E-state index is 3.60. The van der Waals surface area contributed by atoms with Crippen molar-refractivity contribution in [2.24, 2.45) is 17.8 Å². The highest BCUT2D eigenvalue weighted by atomic mass is 32.1. The average molecular weight is 271 g/mol. The van der Waals surface area contributed by atoms with Gasteiger partial charge in [0.1, 0.15) is 0 Å². The Morgan fingerprint density at radius 2 is 2.05 bits per heavy atom. The molecule has 1 heterocycles. The van der Waals surface area contributed by atoms with E-state index >= 15 is 0 Å². The van der Waals surface area contributed by atoms with Gasteiger partial charge in [-0.2, -0.15) is 0 Å². The van der Waals surface area contributed by atoms with Crippen LogP contribution in [0.4, 0.5) is 0 Å². The van der Waals surface area contributed by atoms with E-state index in [1.54, 1.807) is 5.56 Å². The number of thiophene rings is 1. The fraction of sp³-hybridized carbons (Fsp3) is 0.529. The Labute approximate surface area is 119 Å². The number of hydrogen-bond acceptors (Lipinski definition) is 2. The number of hydrogen-bond donors (Lipinski definition) is 1. The van der Waals surface area contributed by atoms with E-state index in [0.29, 0.717) is 6.04 Å². The minimum atomic E-state index is 0.688. The van der Waals surface area contributed by atoms with Gasteiger partial charge in [0.15, 0.2) is 0 Å². The molecule has 0 saturated heterocycles. The van der Waals surface area contributed by atoms with E-state index in [1.165, 1.54) is 35.8 Å². The Bertz CT molecular complexity index is 578. The van der Waals surface area contributed by atoms with Gasteiger partial charge in [0.05, 0.1) is 0 Å². The molecule has 0 radical (unpaired) electrons. The van der Waals surface area contributed by atoms with Gasteiger partial charge in [-0.05, 0) is 66.5 Å². The van der Waals surface area contributed by atoms with Crippen LogP contribution in [0.15, 0.2) is 29.6 Å². The Morgan fingerprint density at radius 3 is 2.84 bits per heavy atom. The van der Waals surface area contributed by atoms with Crippen LogP contribution in [0, 0.1) is 17.8 Å². The summed E-state index contributed by atoms with van der Waals surface area (Å²) in [4.78, 5) is 0. The minimum Gasteiger partial charge on any atom is -0.316 e. The summed E-state index contributed by atoms with van der Waals surface area (Å²) in [6.07, 6.45) is 5.65. The minimum absolute atomic E-state index is 0.688. The van der Waals surface area contributed by atoms with E-state index in [9.17, 15) is 0 Å². The smallest absolute Gasteiger partial charge is 0.0345 e. The third kappa shape index (κ3) is 1.93. The quantitative estimate of drug-likeness (QED) is 0.883. The van der Waals surface area contributed by atoms with Crippen molar-refractivity contribution in [2.45, 2.75) is 31.7 Å². The van der Waals surface area contributed by atoms with Gasteiger partial charge < -0.3 is 5.32 Å². The van der Waals surface area contributed by atoms with Crippen LogP contribution in [-0.4, -0.2) is 13.1 Å². The lowest BCUT2D eigenvalue weighted by Gasteiger charge is -2.18. The Balaban J connectivity index is 1.56. The molecule has 2 heteroatoms. The second-order valence-electron chi connectivity index (χ2n) is 6.19. The molecular formula is C17H21NS. The number of fused-ring (bicyclic) bond motifs is 2. The van der Waals surface area contributed by atoms with Crippen LogP contribution < -0.4 is 5.32 Å². The van der Waals surface area contributed by atoms with Crippen molar-refractivity contribution in [3.05, 3.63) is 35.2 Å². The molecule has 100 valence electrons. The normalized spacial score (nSPS) is 30.5. The lowest BCUT2D eigenvalue weighted by Crippen LogP contribution is -2.31. The lowest BCUT2D eigenvalue weighted by atomic mass is 9.97. The molecule has 4 rings (SSSR count). The molecule has 1 N–H and O–H groups in total. The molecule has 19 heavy (non-hydrogen) atoms. The van der Waals surface area contributed by atoms with Gasteiger partial charge in [-0.25, -0.2) is 0 Å². The fourth-order valence-corrected chi connectivity index (χ4v) is 5.31. The van der Waals surface area contributed by atoms with Gasteiger partial charge in [0.25, 0.3) is 0 Å².